The summed E-state index contributed by atoms with van der Waals surface area (Å²) in [4.78, 5) is 1.01. The largest absolute Gasteiger partial charge is 0.382 e. The van der Waals surface area contributed by atoms with E-state index in [-0.39, 0.29) is 11.5 Å². The van der Waals surface area contributed by atoms with Crippen LogP contribution in [-0.2, 0) is 5.75 Å². The molecule has 0 atom stereocenters. The van der Waals surface area contributed by atoms with E-state index in [1.165, 1.54) is 11.1 Å². The zero-order chi connectivity index (χ0) is 16.7. The molecule has 0 bridgehead atoms. The molecule has 0 saturated carbocycles. The van der Waals surface area contributed by atoms with Crippen LogP contribution in [0.25, 0.3) is 0 Å². The zero-order valence-electron chi connectivity index (χ0n) is 12.7. The third kappa shape index (κ3) is 4.87. The Morgan fingerprint density at radius 3 is 2.78 bits per heavy atom. The third-order valence-electron chi connectivity index (χ3n) is 3.01. The topological polar surface area (TPSA) is 98.0 Å². The molecule has 2 aromatic carbocycles. The van der Waals surface area contributed by atoms with Crippen molar-refractivity contribution in [1.82, 2.24) is 0 Å². The number of nitrogens with one attached hydrogen (secondary N) is 2. The molecule has 0 amide bonds. The number of amidine groups is 1. The van der Waals surface area contributed by atoms with Crippen molar-refractivity contribution in [2.24, 2.45) is 10.8 Å². The van der Waals surface area contributed by atoms with Gasteiger partial charge in [-0.25, -0.2) is 0 Å². The van der Waals surface area contributed by atoms with Crippen molar-refractivity contribution < 1.29 is 0 Å². The van der Waals surface area contributed by atoms with E-state index >= 15 is 0 Å². The second-order valence-corrected chi connectivity index (χ2v) is 5.89. The molecule has 0 aliphatic rings. The molecule has 0 spiro atoms. The van der Waals surface area contributed by atoms with E-state index in [0.717, 1.165) is 16.3 Å². The van der Waals surface area contributed by atoms with Crippen molar-refractivity contribution in [2.75, 3.05) is 5.43 Å². The smallest absolute Gasteiger partial charge is 0.201 e. The molecule has 0 saturated heterocycles. The fourth-order valence-corrected chi connectivity index (χ4v) is 2.86. The summed E-state index contributed by atoms with van der Waals surface area (Å²) in [5.74, 6) is 0.479. The standard InChI is InChI=1S/C17H17N5S/c1-12-5-4-6-13(9-12)11-23-16-8-3-2-7-14(16)21-22-15(10-18)17(19)20/h2-9,21H,11H2,1H3,(H3,19,20)/b22-15+. The summed E-state index contributed by atoms with van der Waals surface area (Å²) in [5, 5.41) is 20.0. The van der Waals surface area contributed by atoms with Crippen molar-refractivity contribution in [2.45, 2.75) is 17.6 Å². The van der Waals surface area contributed by atoms with Crippen LogP contribution < -0.4 is 11.2 Å². The highest BCUT2D eigenvalue weighted by Crippen LogP contribution is 2.30. The number of benzene rings is 2. The van der Waals surface area contributed by atoms with Gasteiger partial charge in [-0.3, -0.25) is 10.8 Å². The van der Waals surface area contributed by atoms with E-state index in [2.05, 4.69) is 35.7 Å². The van der Waals surface area contributed by atoms with Crippen molar-refractivity contribution >= 4 is 29.0 Å². The molecule has 23 heavy (non-hydrogen) atoms. The minimum Gasteiger partial charge on any atom is -0.382 e. The number of nitrogens with two attached hydrogens (primary N) is 1. The summed E-state index contributed by atoms with van der Waals surface area (Å²) in [7, 11) is 0. The molecular formula is C17H17N5S. The SMILES string of the molecule is Cc1cccc(CSc2ccccc2N/N=C(\C#N)C(=N)N)c1. The Labute approximate surface area is 139 Å². The molecular weight excluding hydrogens is 306 g/mol. The van der Waals surface area contributed by atoms with Gasteiger partial charge < -0.3 is 5.73 Å². The molecule has 2 rings (SSSR count). The van der Waals surface area contributed by atoms with Gasteiger partial charge in [-0.1, -0.05) is 42.0 Å². The minimum atomic E-state index is -0.357. The fraction of sp³-hybridized carbons (Fsp3) is 0.118. The summed E-state index contributed by atoms with van der Waals surface area (Å²) in [6.45, 7) is 2.07. The Morgan fingerprint density at radius 1 is 1.30 bits per heavy atom. The summed E-state index contributed by atoms with van der Waals surface area (Å²) in [6.07, 6.45) is 0. The number of nitriles is 1. The average Bonchev–Trinajstić information content (AvgIpc) is 2.54. The number of anilines is 1. The van der Waals surface area contributed by atoms with E-state index in [1.54, 1.807) is 17.8 Å². The Balaban J connectivity index is 2.12. The fourth-order valence-electron chi connectivity index (χ4n) is 1.91. The quantitative estimate of drug-likeness (QED) is 0.328. The molecule has 0 aliphatic carbocycles. The van der Waals surface area contributed by atoms with Crippen LogP contribution in [0.5, 0.6) is 0 Å². The van der Waals surface area contributed by atoms with Crippen molar-refractivity contribution in [1.29, 1.82) is 10.7 Å². The first-order chi connectivity index (χ1) is 11.1. The van der Waals surface area contributed by atoms with Crippen LogP contribution in [0.1, 0.15) is 11.1 Å². The first-order valence-electron chi connectivity index (χ1n) is 6.95. The van der Waals surface area contributed by atoms with E-state index < -0.39 is 0 Å². The monoisotopic (exact) mass is 323 g/mol. The molecule has 0 fully saturated rings. The number of hydrazone groups is 1. The van der Waals surface area contributed by atoms with Crippen molar-refractivity contribution in [3.05, 3.63) is 59.7 Å². The maximum absolute atomic E-state index is 8.87. The molecule has 0 aromatic heterocycles. The number of nitrogens with zero attached hydrogens (tertiary/aromatic N) is 2. The maximum Gasteiger partial charge on any atom is 0.201 e. The summed E-state index contributed by atoms with van der Waals surface area (Å²) >= 11 is 1.68. The van der Waals surface area contributed by atoms with Gasteiger partial charge in [0.05, 0.1) is 5.69 Å². The molecule has 0 unspecified atom stereocenters. The molecule has 0 radical (unpaired) electrons. The molecule has 6 heteroatoms. The first kappa shape index (κ1) is 16.6. The Hall–Kier alpha value is -2.78. The van der Waals surface area contributed by atoms with Crippen LogP contribution in [0.3, 0.4) is 0 Å². The zero-order valence-corrected chi connectivity index (χ0v) is 13.5. The molecule has 0 aliphatic heterocycles. The Morgan fingerprint density at radius 2 is 2.09 bits per heavy atom. The maximum atomic E-state index is 8.87. The highest BCUT2D eigenvalue weighted by molar-refractivity contribution is 7.98. The van der Waals surface area contributed by atoms with Crippen LogP contribution in [0.15, 0.2) is 58.5 Å². The van der Waals surface area contributed by atoms with Crippen LogP contribution in [0.4, 0.5) is 5.69 Å². The van der Waals surface area contributed by atoms with Gasteiger partial charge in [0.1, 0.15) is 6.07 Å². The van der Waals surface area contributed by atoms with E-state index in [1.807, 2.05) is 30.3 Å². The number of thioether (sulfide) groups is 1. The Kier molecular flexibility index (Phi) is 5.78. The normalized spacial score (nSPS) is 10.9. The number of hydrogen-bond donors (Lipinski definition) is 3. The van der Waals surface area contributed by atoms with Gasteiger partial charge in [0.25, 0.3) is 0 Å². The van der Waals surface area contributed by atoms with Crippen molar-refractivity contribution in [3.8, 4) is 6.07 Å². The summed E-state index contributed by atoms with van der Waals surface area (Å²) in [6, 6.07) is 17.8. The lowest BCUT2D eigenvalue weighted by atomic mass is 10.2. The Bertz CT molecular complexity index is 777. The van der Waals surface area contributed by atoms with Gasteiger partial charge in [-0.2, -0.15) is 10.4 Å². The lowest BCUT2D eigenvalue weighted by Gasteiger charge is -2.09. The van der Waals surface area contributed by atoms with Gasteiger partial charge >= 0.3 is 0 Å². The van der Waals surface area contributed by atoms with Crippen LogP contribution >= 0.6 is 11.8 Å². The third-order valence-corrected chi connectivity index (χ3v) is 4.16. The second kappa shape index (κ2) is 8.01. The van der Waals surface area contributed by atoms with Crippen LogP contribution in [0.2, 0.25) is 0 Å². The lowest BCUT2D eigenvalue weighted by Crippen LogP contribution is -2.21. The van der Waals surface area contributed by atoms with Crippen LogP contribution in [-0.4, -0.2) is 11.5 Å². The van der Waals surface area contributed by atoms with Gasteiger partial charge in [0.2, 0.25) is 5.71 Å². The predicted molar refractivity (Wildman–Crippen MR) is 95.8 cm³/mol. The van der Waals surface area contributed by atoms with E-state index in [4.69, 9.17) is 16.4 Å². The number of hydrogen-bond acceptors (Lipinski definition) is 5. The van der Waals surface area contributed by atoms with Crippen molar-refractivity contribution in [3.63, 3.8) is 0 Å². The summed E-state index contributed by atoms with van der Waals surface area (Å²) in [5.41, 5.74) is 11.2. The highest BCUT2D eigenvalue weighted by atomic mass is 32.2. The number of rotatable bonds is 6. The number of para-hydroxylation sites is 1. The highest BCUT2D eigenvalue weighted by Gasteiger charge is 2.05. The van der Waals surface area contributed by atoms with Gasteiger partial charge in [-0.05, 0) is 24.6 Å². The first-order valence-corrected chi connectivity index (χ1v) is 7.94. The van der Waals surface area contributed by atoms with E-state index in [9.17, 15) is 0 Å². The van der Waals surface area contributed by atoms with Gasteiger partial charge in [-0.15, -0.1) is 11.8 Å². The molecule has 5 nitrogen and oxygen atoms in total. The lowest BCUT2D eigenvalue weighted by molar-refractivity contribution is 1.27. The van der Waals surface area contributed by atoms with Crippen LogP contribution in [0, 0.1) is 23.7 Å². The molecule has 116 valence electrons. The predicted octanol–water partition coefficient (Wildman–Crippen LogP) is 3.51. The molecule has 4 N–H and O–H groups in total. The second-order valence-electron chi connectivity index (χ2n) is 4.87. The minimum absolute atomic E-state index is 0.136. The number of aryl methyl sites for hydroxylation is 1. The van der Waals surface area contributed by atoms with Gasteiger partial charge in [0, 0.05) is 10.6 Å². The molecule has 0 heterocycles. The average molecular weight is 323 g/mol. The van der Waals surface area contributed by atoms with E-state index in [0.29, 0.717) is 0 Å². The molecule has 2 aromatic rings. The van der Waals surface area contributed by atoms with Gasteiger partial charge in [0.15, 0.2) is 5.84 Å². The summed E-state index contributed by atoms with van der Waals surface area (Å²) < 4.78 is 0.